The normalized spacial score (nSPS) is 10.3. The molecule has 3 nitrogen and oxygen atoms in total. The third-order valence-electron chi connectivity index (χ3n) is 2.56. The molecule has 0 heterocycles. The predicted molar refractivity (Wildman–Crippen MR) is 75.0 cm³/mol. The molecular formula is C14H12ClFN2O. The van der Waals surface area contributed by atoms with Crippen LogP contribution in [0.25, 0.3) is 0 Å². The average Bonchev–Trinajstić information content (AvgIpc) is 2.30. The highest BCUT2D eigenvalue weighted by molar-refractivity contribution is 6.31. The van der Waals surface area contributed by atoms with Gasteiger partial charge in [0.05, 0.1) is 5.56 Å². The molecule has 0 bridgehead atoms. The first kappa shape index (κ1) is 13.4. The molecule has 0 saturated carbocycles. The minimum atomic E-state index is -0.426. The van der Waals surface area contributed by atoms with Crippen molar-refractivity contribution in [2.45, 2.75) is 6.92 Å². The van der Waals surface area contributed by atoms with Crippen LogP contribution >= 0.6 is 11.6 Å². The number of nitrogens with one attached hydrogen (secondary N) is 1. The lowest BCUT2D eigenvalue weighted by molar-refractivity contribution is 0.102. The molecule has 98 valence electrons. The first-order valence-corrected chi connectivity index (χ1v) is 5.97. The maximum absolute atomic E-state index is 13.2. The first-order chi connectivity index (χ1) is 8.95. The number of rotatable bonds is 2. The van der Waals surface area contributed by atoms with Crippen LogP contribution in [0.1, 0.15) is 15.9 Å². The van der Waals surface area contributed by atoms with E-state index in [1.165, 1.54) is 18.2 Å². The van der Waals surface area contributed by atoms with E-state index in [2.05, 4.69) is 5.32 Å². The van der Waals surface area contributed by atoms with Crippen molar-refractivity contribution in [3.63, 3.8) is 0 Å². The van der Waals surface area contributed by atoms with Gasteiger partial charge >= 0.3 is 0 Å². The molecule has 0 unspecified atom stereocenters. The number of hydrogen-bond acceptors (Lipinski definition) is 2. The molecule has 0 spiro atoms. The van der Waals surface area contributed by atoms with Gasteiger partial charge in [0.2, 0.25) is 0 Å². The van der Waals surface area contributed by atoms with Gasteiger partial charge in [-0.15, -0.1) is 0 Å². The van der Waals surface area contributed by atoms with E-state index in [0.29, 0.717) is 16.4 Å². The van der Waals surface area contributed by atoms with Crippen LogP contribution in [0.3, 0.4) is 0 Å². The third kappa shape index (κ3) is 3.23. The smallest absolute Gasteiger partial charge is 0.257 e. The Hall–Kier alpha value is -2.07. The van der Waals surface area contributed by atoms with Crippen LogP contribution in [0.4, 0.5) is 15.8 Å². The number of carbonyl (C=O) groups is 1. The third-order valence-corrected chi connectivity index (χ3v) is 2.80. The fraction of sp³-hybridized carbons (Fsp3) is 0.0714. The highest BCUT2D eigenvalue weighted by atomic mass is 35.5. The quantitative estimate of drug-likeness (QED) is 0.824. The van der Waals surface area contributed by atoms with Crippen molar-refractivity contribution in [2.75, 3.05) is 11.1 Å². The van der Waals surface area contributed by atoms with Gasteiger partial charge in [0.25, 0.3) is 5.91 Å². The predicted octanol–water partition coefficient (Wildman–Crippen LogP) is 3.62. The number of anilines is 2. The number of nitrogen functional groups attached to an aromatic ring is 1. The molecule has 0 aliphatic rings. The van der Waals surface area contributed by atoms with Crippen LogP contribution < -0.4 is 11.1 Å². The summed E-state index contributed by atoms with van der Waals surface area (Å²) in [5, 5.41) is 3.00. The number of carbonyl (C=O) groups excluding carboxylic acids is 1. The van der Waals surface area contributed by atoms with Crippen LogP contribution in [0.5, 0.6) is 0 Å². The van der Waals surface area contributed by atoms with Gasteiger partial charge in [-0.05, 0) is 48.9 Å². The van der Waals surface area contributed by atoms with Gasteiger partial charge in [0.1, 0.15) is 5.82 Å². The number of amides is 1. The van der Waals surface area contributed by atoms with Gasteiger partial charge in [-0.2, -0.15) is 0 Å². The van der Waals surface area contributed by atoms with Crippen molar-refractivity contribution in [3.05, 3.63) is 58.4 Å². The summed E-state index contributed by atoms with van der Waals surface area (Å²) in [4.78, 5) is 12.0. The summed E-state index contributed by atoms with van der Waals surface area (Å²) in [7, 11) is 0. The van der Waals surface area contributed by atoms with Gasteiger partial charge in [-0.25, -0.2) is 4.39 Å². The van der Waals surface area contributed by atoms with Crippen LogP contribution in [-0.4, -0.2) is 5.91 Å². The molecule has 2 rings (SSSR count). The van der Waals surface area contributed by atoms with Crippen LogP contribution in [-0.2, 0) is 0 Å². The van der Waals surface area contributed by atoms with E-state index >= 15 is 0 Å². The van der Waals surface area contributed by atoms with Crippen LogP contribution in [0, 0.1) is 12.7 Å². The van der Waals surface area contributed by atoms with E-state index in [1.54, 1.807) is 25.1 Å². The van der Waals surface area contributed by atoms with Crippen molar-refractivity contribution < 1.29 is 9.18 Å². The van der Waals surface area contributed by atoms with Crippen LogP contribution in [0.15, 0.2) is 36.4 Å². The molecule has 1 amide bonds. The minimum Gasteiger partial charge on any atom is -0.398 e. The van der Waals surface area contributed by atoms with Crippen molar-refractivity contribution in [1.82, 2.24) is 0 Å². The highest BCUT2D eigenvalue weighted by Crippen LogP contribution is 2.20. The summed E-state index contributed by atoms with van der Waals surface area (Å²) in [6.07, 6.45) is 0. The second-order valence-corrected chi connectivity index (χ2v) is 4.64. The standard InChI is InChI=1S/C14H12ClFN2O/c1-8-4-10(16)7-11(5-8)18-14(19)12-6-9(15)2-3-13(12)17/h2-7H,17H2,1H3,(H,18,19). The number of halogens is 2. The molecule has 5 heteroatoms. The van der Waals surface area contributed by atoms with E-state index in [9.17, 15) is 9.18 Å². The summed E-state index contributed by atoms with van der Waals surface area (Å²) < 4.78 is 13.2. The zero-order valence-electron chi connectivity index (χ0n) is 10.2. The van der Waals surface area contributed by atoms with E-state index in [-0.39, 0.29) is 5.56 Å². The molecule has 2 aromatic rings. The first-order valence-electron chi connectivity index (χ1n) is 5.59. The fourth-order valence-electron chi connectivity index (χ4n) is 1.73. The Bertz CT molecular complexity index is 623. The second-order valence-electron chi connectivity index (χ2n) is 4.20. The minimum absolute atomic E-state index is 0.259. The van der Waals surface area contributed by atoms with Crippen LogP contribution in [0.2, 0.25) is 5.02 Å². The zero-order chi connectivity index (χ0) is 14.0. The van der Waals surface area contributed by atoms with Crippen molar-refractivity contribution in [2.24, 2.45) is 0 Å². The van der Waals surface area contributed by atoms with Gasteiger partial charge in [-0.3, -0.25) is 4.79 Å². The van der Waals surface area contributed by atoms with Gasteiger partial charge in [-0.1, -0.05) is 11.6 Å². The van der Waals surface area contributed by atoms with E-state index in [4.69, 9.17) is 17.3 Å². The summed E-state index contributed by atoms with van der Waals surface area (Å²) in [5.41, 5.74) is 7.38. The Kier molecular flexibility index (Phi) is 3.71. The van der Waals surface area contributed by atoms with Gasteiger partial charge in [0, 0.05) is 16.4 Å². The average molecular weight is 279 g/mol. The summed E-state index contributed by atoms with van der Waals surface area (Å²) in [6, 6.07) is 8.91. The van der Waals surface area contributed by atoms with E-state index < -0.39 is 11.7 Å². The largest absolute Gasteiger partial charge is 0.398 e. The lowest BCUT2D eigenvalue weighted by atomic mass is 10.1. The molecular weight excluding hydrogens is 267 g/mol. The van der Waals surface area contributed by atoms with E-state index in [0.717, 1.165) is 5.56 Å². The summed E-state index contributed by atoms with van der Waals surface area (Å²) >= 11 is 5.82. The molecule has 0 radical (unpaired) electrons. The molecule has 0 atom stereocenters. The molecule has 0 saturated heterocycles. The SMILES string of the molecule is Cc1cc(F)cc(NC(=O)c2cc(Cl)ccc2N)c1. The number of benzene rings is 2. The van der Waals surface area contributed by atoms with Gasteiger partial charge < -0.3 is 11.1 Å². The van der Waals surface area contributed by atoms with Crippen molar-refractivity contribution >= 4 is 28.9 Å². The summed E-state index contributed by atoms with van der Waals surface area (Å²) in [5.74, 6) is -0.834. The maximum atomic E-state index is 13.2. The molecule has 3 N–H and O–H groups in total. The van der Waals surface area contributed by atoms with Gasteiger partial charge in [0.15, 0.2) is 0 Å². The second kappa shape index (κ2) is 5.28. The Morgan fingerprint density at radius 2 is 2.00 bits per heavy atom. The Morgan fingerprint density at radius 3 is 2.68 bits per heavy atom. The number of nitrogens with two attached hydrogens (primary N) is 1. The molecule has 19 heavy (non-hydrogen) atoms. The topological polar surface area (TPSA) is 55.1 Å². The lowest BCUT2D eigenvalue weighted by Crippen LogP contribution is -2.14. The molecule has 0 fully saturated rings. The monoisotopic (exact) mass is 278 g/mol. The molecule has 0 aliphatic heterocycles. The summed E-state index contributed by atoms with van der Waals surface area (Å²) in [6.45, 7) is 1.74. The maximum Gasteiger partial charge on any atom is 0.257 e. The van der Waals surface area contributed by atoms with Crippen molar-refractivity contribution in [3.8, 4) is 0 Å². The Morgan fingerprint density at radius 1 is 1.26 bits per heavy atom. The highest BCUT2D eigenvalue weighted by Gasteiger charge is 2.11. The number of aryl methyl sites for hydroxylation is 1. The molecule has 2 aromatic carbocycles. The fourth-order valence-corrected chi connectivity index (χ4v) is 1.90. The van der Waals surface area contributed by atoms with Crippen molar-refractivity contribution in [1.29, 1.82) is 0 Å². The molecule has 0 aromatic heterocycles. The Balaban J connectivity index is 2.28. The Labute approximate surface area is 115 Å². The van der Waals surface area contributed by atoms with E-state index in [1.807, 2.05) is 0 Å². The lowest BCUT2D eigenvalue weighted by Gasteiger charge is -2.09. The molecule has 0 aliphatic carbocycles. The number of hydrogen-bond donors (Lipinski definition) is 2. The zero-order valence-corrected chi connectivity index (χ0v) is 11.0.